The van der Waals surface area contributed by atoms with Crippen LogP contribution < -0.4 is 5.32 Å². The zero-order chi connectivity index (χ0) is 14.4. The quantitative estimate of drug-likeness (QED) is 0.750. The third kappa shape index (κ3) is 4.80. The van der Waals surface area contributed by atoms with Crippen LogP contribution in [0.3, 0.4) is 0 Å². The maximum absolute atomic E-state index is 5.24. The van der Waals surface area contributed by atoms with Crippen molar-refractivity contribution < 1.29 is 4.74 Å². The summed E-state index contributed by atoms with van der Waals surface area (Å²) in [6, 6.07) is 9.25. The normalized spacial score (nSPS) is 16.4. The summed E-state index contributed by atoms with van der Waals surface area (Å²) in [5.41, 5.74) is 2.52. The highest BCUT2D eigenvalue weighted by Crippen LogP contribution is 2.34. The number of aryl methyl sites for hydroxylation is 1. The number of hydrogen-bond donors (Lipinski definition) is 1. The van der Waals surface area contributed by atoms with E-state index >= 15 is 0 Å². The Morgan fingerprint density at radius 3 is 2.80 bits per heavy atom. The predicted molar refractivity (Wildman–Crippen MR) is 85.3 cm³/mol. The van der Waals surface area contributed by atoms with E-state index in [-0.39, 0.29) is 0 Å². The van der Waals surface area contributed by atoms with Crippen LogP contribution in [0.2, 0.25) is 0 Å². The van der Waals surface area contributed by atoms with Gasteiger partial charge in [-0.3, -0.25) is 4.90 Å². The van der Waals surface area contributed by atoms with Gasteiger partial charge in [0.1, 0.15) is 0 Å². The molecule has 1 unspecified atom stereocenters. The molecule has 3 nitrogen and oxygen atoms in total. The highest BCUT2D eigenvalue weighted by atomic mass is 16.5. The third-order valence-corrected chi connectivity index (χ3v) is 4.21. The SMILES string of the molecule is COCCN(CCNc1cccc(C)c1)C(C)C1CC1. The van der Waals surface area contributed by atoms with E-state index in [4.69, 9.17) is 4.74 Å². The molecule has 1 aliphatic carbocycles. The van der Waals surface area contributed by atoms with E-state index in [1.165, 1.54) is 24.1 Å². The maximum Gasteiger partial charge on any atom is 0.0589 e. The van der Waals surface area contributed by atoms with Crippen LogP contribution in [0, 0.1) is 12.8 Å². The molecule has 20 heavy (non-hydrogen) atoms. The lowest BCUT2D eigenvalue weighted by Crippen LogP contribution is -2.40. The summed E-state index contributed by atoms with van der Waals surface area (Å²) >= 11 is 0. The van der Waals surface area contributed by atoms with Crippen molar-refractivity contribution in [2.24, 2.45) is 5.92 Å². The molecule has 0 saturated heterocycles. The van der Waals surface area contributed by atoms with Gasteiger partial charge >= 0.3 is 0 Å². The second-order valence-electron chi connectivity index (χ2n) is 5.90. The van der Waals surface area contributed by atoms with Crippen LogP contribution in [-0.4, -0.2) is 44.3 Å². The Balaban J connectivity index is 1.78. The number of nitrogens with one attached hydrogen (secondary N) is 1. The van der Waals surface area contributed by atoms with Gasteiger partial charge < -0.3 is 10.1 Å². The third-order valence-electron chi connectivity index (χ3n) is 4.21. The largest absolute Gasteiger partial charge is 0.384 e. The van der Waals surface area contributed by atoms with Crippen LogP contribution in [0.5, 0.6) is 0 Å². The molecule has 0 heterocycles. The molecule has 1 saturated carbocycles. The van der Waals surface area contributed by atoms with E-state index in [9.17, 15) is 0 Å². The standard InChI is InChI=1S/C17H28N2O/c1-14-5-4-6-17(13-14)18-9-10-19(11-12-20-3)15(2)16-7-8-16/h4-6,13,15-16,18H,7-12H2,1-3H3. The Hall–Kier alpha value is -1.06. The molecular weight excluding hydrogens is 248 g/mol. The number of nitrogens with zero attached hydrogens (tertiary/aromatic N) is 1. The van der Waals surface area contributed by atoms with Gasteiger partial charge in [-0.15, -0.1) is 0 Å². The minimum Gasteiger partial charge on any atom is -0.384 e. The van der Waals surface area contributed by atoms with Gasteiger partial charge in [-0.25, -0.2) is 0 Å². The molecule has 3 heteroatoms. The first-order valence-electron chi connectivity index (χ1n) is 7.74. The monoisotopic (exact) mass is 276 g/mol. The first-order valence-corrected chi connectivity index (χ1v) is 7.74. The predicted octanol–water partition coefficient (Wildman–Crippen LogP) is 3.15. The molecule has 0 aliphatic heterocycles. The summed E-state index contributed by atoms with van der Waals surface area (Å²) in [6.07, 6.45) is 2.80. The van der Waals surface area contributed by atoms with Gasteiger partial charge in [-0.05, 0) is 50.3 Å². The van der Waals surface area contributed by atoms with Gasteiger partial charge in [0.05, 0.1) is 6.61 Å². The molecule has 112 valence electrons. The van der Waals surface area contributed by atoms with Crippen LogP contribution in [0.25, 0.3) is 0 Å². The van der Waals surface area contributed by atoms with Crippen LogP contribution >= 0.6 is 0 Å². The molecule has 1 aromatic carbocycles. The molecule has 1 fully saturated rings. The number of hydrogen-bond acceptors (Lipinski definition) is 3. The van der Waals surface area contributed by atoms with E-state index in [1.807, 2.05) is 0 Å². The van der Waals surface area contributed by atoms with E-state index in [0.29, 0.717) is 6.04 Å². The van der Waals surface area contributed by atoms with Crippen LogP contribution in [-0.2, 0) is 4.74 Å². The highest BCUT2D eigenvalue weighted by Gasteiger charge is 2.31. The average Bonchev–Trinajstić information content (AvgIpc) is 3.26. The Morgan fingerprint density at radius 2 is 2.15 bits per heavy atom. The van der Waals surface area contributed by atoms with Crippen molar-refractivity contribution >= 4 is 5.69 Å². The summed E-state index contributed by atoms with van der Waals surface area (Å²) in [7, 11) is 1.78. The summed E-state index contributed by atoms with van der Waals surface area (Å²) in [6.45, 7) is 8.41. The maximum atomic E-state index is 5.24. The molecule has 1 aromatic rings. The first-order chi connectivity index (χ1) is 9.70. The molecule has 0 radical (unpaired) electrons. The molecule has 0 aromatic heterocycles. The Bertz CT molecular complexity index is 404. The number of benzene rings is 1. The van der Waals surface area contributed by atoms with Crippen molar-refractivity contribution in [3.05, 3.63) is 29.8 Å². The van der Waals surface area contributed by atoms with E-state index in [1.54, 1.807) is 7.11 Å². The van der Waals surface area contributed by atoms with Crippen LogP contribution in [0.4, 0.5) is 5.69 Å². The topological polar surface area (TPSA) is 24.5 Å². The van der Waals surface area contributed by atoms with Crippen molar-refractivity contribution in [3.63, 3.8) is 0 Å². The van der Waals surface area contributed by atoms with Crippen molar-refractivity contribution in [1.29, 1.82) is 0 Å². The van der Waals surface area contributed by atoms with Crippen molar-refractivity contribution in [2.45, 2.75) is 32.7 Å². The zero-order valence-electron chi connectivity index (χ0n) is 13.1. The first kappa shape index (κ1) is 15.3. The fourth-order valence-electron chi connectivity index (χ4n) is 2.70. The van der Waals surface area contributed by atoms with E-state index in [0.717, 1.165) is 32.2 Å². The zero-order valence-corrected chi connectivity index (χ0v) is 13.1. The van der Waals surface area contributed by atoms with Gasteiger partial charge in [0, 0.05) is 38.5 Å². The average molecular weight is 276 g/mol. The van der Waals surface area contributed by atoms with Gasteiger partial charge in [-0.2, -0.15) is 0 Å². The summed E-state index contributed by atoms with van der Waals surface area (Å²) in [5.74, 6) is 0.908. The molecule has 0 spiro atoms. The molecule has 1 aliphatic rings. The Labute approximate surface area is 123 Å². The van der Waals surface area contributed by atoms with Crippen molar-refractivity contribution in [2.75, 3.05) is 38.7 Å². The smallest absolute Gasteiger partial charge is 0.0589 e. The lowest BCUT2D eigenvalue weighted by Gasteiger charge is -2.29. The molecular formula is C17H28N2O. The number of anilines is 1. The molecule has 0 amide bonds. The summed E-state index contributed by atoms with van der Waals surface area (Å²) < 4.78 is 5.24. The Morgan fingerprint density at radius 1 is 1.35 bits per heavy atom. The van der Waals surface area contributed by atoms with Gasteiger partial charge in [-0.1, -0.05) is 12.1 Å². The second-order valence-corrected chi connectivity index (χ2v) is 5.90. The number of ether oxygens (including phenoxy) is 1. The molecule has 0 bridgehead atoms. The van der Waals surface area contributed by atoms with Crippen molar-refractivity contribution in [1.82, 2.24) is 4.90 Å². The summed E-state index contributed by atoms with van der Waals surface area (Å²) in [5, 5.41) is 3.52. The molecule has 1 atom stereocenters. The van der Waals surface area contributed by atoms with E-state index < -0.39 is 0 Å². The second kappa shape index (κ2) is 7.65. The fraction of sp³-hybridized carbons (Fsp3) is 0.647. The molecule has 1 N–H and O–H groups in total. The summed E-state index contributed by atoms with van der Waals surface area (Å²) in [4.78, 5) is 2.56. The lowest BCUT2D eigenvalue weighted by atomic mass is 10.2. The lowest BCUT2D eigenvalue weighted by molar-refractivity contribution is 0.120. The van der Waals surface area contributed by atoms with Crippen molar-refractivity contribution in [3.8, 4) is 0 Å². The number of methoxy groups -OCH3 is 1. The minimum atomic E-state index is 0.685. The fourth-order valence-corrected chi connectivity index (χ4v) is 2.70. The van der Waals surface area contributed by atoms with E-state index in [2.05, 4.69) is 48.3 Å². The highest BCUT2D eigenvalue weighted by molar-refractivity contribution is 5.45. The van der Waals surface area contributed by atoms with Gasteiger partial charge in [0.25, 0.3) is 0 Å². The van der Waals surface area contributed by atoms with Gasteiger partial charge in [0.2, 0.25) is 0 Å². The number of rotatable bonds is 9. The van der Waals surface area contributed by atoms with Crippen LogP contribution in [0.1, 0.15) is 25.3 Å². The minimum absolute atomic E-state index is 0.685. The Kier molecular flexibility index (Phi) is 5.86. The van der Waals surface area contributed by atoms with Gasteiger partial charge in [0.15, 0.2) is 0 Å². The molecule has 2 rings (SSSR count). The van der Waals surface area contributed by atoms with Crippen LogP contribution in [0.15, 0.2) is 24.3 Å².